The van der Waals surface area contributed by atoms with E-state index >= 15 is 8.78 Å². The number of aliphatic hydroxyl groups is 1. The van der Waals surface area contributed by atoms with Gasteiger partial charge in [-0.3, -0.25) is 0 Å². The maximum atomic E-state index is 15.1. The molecule has 4 rings (SSSR count). The smallest absolute Gasteiger partial charge is 0.204 e. The highest BCUT2D eigenvalue weighted by molar-refractivity contribution is 5.34. The van der Waals surface area contributed by atoms with Crippen LogP contribution in [0.5, 0.6) is 0 Å². The molecule has 0 bridgehead atoms. The third-order valence-corrected chi connectivity index (χ3v) is 8.30. The van der Waals surface area contributed by atoms with Crippen molar-refractivity contribution in [3.8, 4) is 0 Å². The standard InChI is InChI=1S/C28H36F4O2/c1-3-17-12-15-23(27(32)24(17)29)34-28(33)20-10-8-19(9-11-20)22-14-13-21(25(30)26(22)31)18-6-4-16(2)5-7-18/h8-10,15-18,20-22,28,33H,3-7,11-14H2,1-2H3/t16?,17-,18?,20+,21-,22+,28-/m0/s1. The second kappa shape index (κ2) is 10.8. The predicted octanol–water partition coefficient (Wildman–Crippen LogP) is 8.29. The van der Waals surface area contributed by atoms with Crippen LogP contribution in [-0.2, 0) is 4.74 Å². The minimum atomic E-state index is -1.36. The van der Waals surface area contributed by atoms with E-state index in [1.807, 2.05) is 0 Å². The highest BCUT2D eigenvalue weighted by atomic mass is 19.2. The summed E-state index contributed by atoms with van der Waals surface area (Å²) in [5.74, 6) is -4.38. The van der Waals surface area contributed by atoms with Crippen LogP contribution in [0, 0.1) is 35.5 Å². The molecule has 34 heavy (non-hydrogen) atoms. The zero-order chi connectivity index (χ0) is 24.4. The van der Waals surface area contributed by atoms with Gasteiger partial charge in [0.1, 0.15) is 17.5 Å². The van der Waals surface area contributed by atoms with Gasteiger partial charge in [-0.15, -0.1) is 0 Å². The van der Waals surface area contributed by atoms with Crippen molar-refractivity contribution in [2.75, 3.05) is 0 Å². The van der Waals surface area contributed by atoms with Crippen LogP contribution in [0.1, 0.15) is 71.6 Å². The molecule has 0 aromatic carbocycles. The van der Waals surface area contributed by atoms with Crippen molar-refractivity contribution in [2.45, 2.75) is 77.9 Å². The number of allylic oxidation sites excluding steroid dienone is 8. The lowest BCUT2D eigenvalue weighted by Gasteiger charge is -2.36. The van der Waals surface area contributed by atoms with Crippen LogP contribution in [0.3, 0.4) is 0 Å². The van der Waals surface area contributed by atoms with Gasteiger partial charge < -0.3 is 9.84 Å². The van der Waals surface area contributed by atoms with Crippen LogP contribution in [0.15, 0.2) is 58.9 Å². The number of halogens is 4. The van der Waals surface area contributed by atoms with E-state index in [9.17, 15) is 13.9 Å². The predicted molar refractivity (Wildman–Crippen MR) is 125 cm³/mol. The second-order valence-corrected chi connectivity index (χ2v) is 10.5. The maximum Gasteiger partial charge on any atom is 0.204 e. The van der Waals surface area contributed by atoms with Gasteiger partial charge in [0.2, 0.25) is 6.29 Å². The number of ether oxygens (including phenoxy) is 1. The first-order valence-electron chi connectivity index (χ1n) is 12.8. The third-order valence-electron chi connectivity index (χ3n) is 8.30. The zero-order valence-corrected chi connectivity index (χ0v) is 20.1. The molecule has 5 atom stereocenters. The van der Waals surface area contributed by atoms with E-state index in [1.54, 1.807) is 25.2 Å². The molecule has 0 aliphatic heterocycles. The largest absolute Gasteiger partial charge is 0.462 e. The Bertz CT molecular complexity index is 907. The summed E-state index contributed by atoms with van der Waals surface area (Å²) in [4.78, 5) is 0. The van der Waals surface area contributed by atoms with Crippen LogP contribution < -0.4 is 0 Å². The maximum absolute atomic E-state index is 15.1. The molecule has 188 valence electrons. The molecule has 0 saturated heterocycles. The molecule has 1 N–H and O–H groups in total. The van der Waals surface area contributed by atoms with Gasteiger partial charge in [0.05, 0.1) is 0 Å². The van der Waals surface area contributed by atoms with Crippen molar-refractivity contribution in [2.24, 2.45) is 35.5 Å². The number of aliphatic hydroxyl groups excluding tert-OH is 1. The average Bonchev–Trinajstić information content (AvgIpc) is 2.84. The molecule has 2 nitrogen and oxygen atoms in total. The van der Waals surface area contributed by atoms with Crippen LogP contribution in [-0.4, -0.2) is 11.4 Å². The highest BCUT2D eigenvalue weighted by Crippen LogP contribution is 2.47. The van der Waals surface area contributed by atoms with E-state index < -0.39 is 47.4 Å². The lowest BCUT2D eigenvalue weighted by Crippen LogP contribution is -2.27. The van der Waals surface area contributed by atoms with E-state index in [0.717, 1.165) is 25.7 Å². The summed E-state index contributed by atoms with van der Waals surface area (Å²) < 4.78 is 63.8. The van der Waals surface area contributed by atoms with Crippen molar-refractivity contribution in [3.05, 3.63) is 58.9 Å². The van der Waals surface area contributed by atoms with Crippen LogP contribution >= 0.6 is 0 Å². The summed E-state index contributed by atoms with van der Waals surface area (Å²) in [5.41, 5.74) is 0.701. The van der Waals surface area contributed by atoms with Crippen molar-refractivity contribution in [1.29, 1.82) is 0 Å². The SMILES string of the molecule is CC[C@H]1CC=C(O[C@H](O)[C@@H]2C=CC([C@H]3CC[C@@H](C4CCC(C)CC4)C(F)=C3F)=CC2)C(F)=C1F. The van der Waals surface area contributed by atoms with E-state index in [-0.39, 0.29) is 17.6 Å². The van der Waals surface area contributed by atoms with Gasteiger partial charge in [-0.25, -0.2) is 17.6 Å². The lowest BCUT2D eigenvalue weighted by atomic mass is 9.70. The molecule has 6 heteroatoms. The third kappa shape index (κ3) is 5.22. The molecule has 1 saturated carbocycles. The van der Waals surface area contributed by atoms with E-state index in [0.29, 0.717) is 43.6 Å². The first-order valence-corrected chi connectivity index (χ1v) is 12.8. The monoisotopic (exact) mass is 480 g/mol. The molecule has 0 aromatic rings. The first-order chi connectivity index (χ1) is 16.3. The number of hydrogen-bond acceptors (Lipinski definition) is 2. The minimum absolute atomic E-state index is 0.233. The van der Waals surface area contributed by atoms with Gasteiger partial charge >= 0.3 is 0 Å². The Morgan fingerprint density at radius 3 is 2.32 bits per heavy atom. The molecular weight excluding hydrogens is 444 g/mol. The summed E-state index contributed by atoms with van der Waals surface area (Å²) in [7, 11) is 0. The molecule has 0 unspecified atom stereocenters. The quantitative estimate of drug-likeness (QED) is 0.306. The van der Waals surface area contributed by atoms with E-state index in [1.165, 1.54) is 6.08 Å². The molecule has 0 radical (unpaired) electrons. The Labute approximate surface area is 200 Å². The van der Waals surface area contributed by atoms with Crippen molar-refractivity contribution in [3.63, 3.8) is 0 Å². The average molecular weight is 481 g/mol. The fourth-order valence-corrected chi connectivity index (χ4v) is 5.91. The number of rotatable bonds is 6. The van der Waals surface area contributed by atoms with Crippen LogP contribution in [0.4, 0.5) is 17.6 Å². The minimum Gasteiger partial charge on any atom is -0.462 e. The normalized spacial score (nSPS) is 35.7. The van der Waals surface area contributed by atoms with Gasteiger partial charge in [0.15, 0.2) is 11.6 Å². The van der Waals surface area contributed by atoms with E-state index in [2.05, 4.69) is 6.92 Å². The van der Waals surface area contributed by atoms with Gasteiger partial charge in [0, 0.05) is 23.7 Å². The molecule has 0 amide bonds. The topological polar surface area (TPSA) is 29.5 Å². The molecule has 0 spiro atoms. The fourth-order valence-electron chi connectivity index (χ4n) is 5.91. The Kier molecular flexibility index (Phi) is 8.06. The molecule has 0 aromatic heterocycles. The number of hydrogen-bond donors (Lipinski definition) is 1. The van der Waals surface area contributed by atoms with Gasteiger partial charge in [-0.2, -0.15) is 0 Å². The van der Waals surface area contributed by atoms with Gasteiger partial charge in [-0.05, 0) is 68.4 Å². The molecule has 0 heterocycles. The Morgan fingerprint density at radius 2 is 1.68 bits per heavy atom. The van der Waals surface area contributed by atoms with Crippen LogP contribution in [0.25, 0.3) is 0 Å². The summed E-state index contributed by atoms with van der Waals surface area (Å²) >= 11 is 0. The van der Waals surface area contributed by atoms with Crippen molar-refractivity contribution in [1.82, 2.24) is 0 Å². The fraction of sp³-hybridized carbons (Fsp3) is 0.643. The van der Waals surface area contributed by atoms with Gasteiger partial charge in [-0.1, -0.05) is 44.9 Å². The molecule has 4 aliphatic rings. The molecule has 1 fully saturated rings. The second-order valence-electron chi connectivity index (χ2n) is 10.5. The van der Waals surface area contributed by atoms with Crippen molar-refractivity contribution >= 4 is 0 Å². The summed E-state index contributed by atoms with van der Waals surface area (Å²) in [6, 6.07) is 0. The Morgan fingerprint density at radius 1 is 0.941 bits per heavy atom. The first kappa shape index (κ1) is 25.3. The highest BCUT2D eigenvalue weighted by Gasteiger charge is 2.38. The summed E-state index contributed by atoms with van der Waals surface area (Å²) in [6.07, 6.45) is 11.8. The molecule has 4 aliphatic carbocycles. The van der Waals surface area contributed by atoms with Crippen molar-refractivity contribution < 1.29 is 27.4 Å². The zero-order valence-electron chi connectivity index (χ0n) is 20.1. The van der Waals surface area contributed by atoms with E-state index in [4.69, 9.17) is 4.74 Å². The Hall–Kier alpha value is -1.82. The Balaban J connectivity index is 1.36. The molecular formula is C28H36F4O2. The van der Waals surface area contributed by atoms with Gasteiger partial charge in [0.25, 0.3) is 0 Å². The lowest BCUT2D eigenvalue weighted by molar-refractivity contribution is -0.0921. The summed E-state index contributed by atoms with van der Waals surface area (Å²) in [6.45, 7) is 4.01. The summed E-state index contributed by atoms with van der Waals surface area (Å²) in [5, 5.41) is 10.4. The van der Waals surface area contributed by atoms with Crippen LogP contribution in [0.2, 0.25) is 0 Å².